The minimum absolute atomic E-state index is 0.0989. The highest BCUT2D eigenvalue weighted by atomic mass is 16.2. The summed E-state index contributed by atoms with van der Waals surface area (Å²) in [7, 11) is 1.59. The summed E-state index contributed by atoms with van der Waals surface area (Å²) in [4.78, 5) is 23.7. The van der Waals surface area contributed by atoms with E-state index in [0.717, 1.165) is 12.8 Å². The van der Waals surface area contributed by atoms with Gasteiger partial charge >= 0.3 is 5.69 Å². The highest BCUT2D eigenvalue weighted by Crippen LogP contribution is 2.02. The summed E-state index contributed by atoms with van der Waals surface area (Å²) in [5.41, 5.74) is 6.14. The Kier molecular flexibility index (Phi) is 3.85. The topological polar surface area (TPSA) is 70.0 Å². The molecule has 0 unspecified atom stereocenters. The first kappa shape index (κ1) is 13.1. The molecule has 100 valence electrons. The molecule has 0 aliphatic rings. The second kappa shape index (κ2) is 5.56. The van der Waals surface area contributed by atoms with E-state index in [0.29, 0.717) is 6.54 Å². The second-order valence-corrected chi connectivity index (χ2v) is 4.52. The number of nitrogen functional groups attached to an aromatic ring is 1. The molecular weight excluding hydrogens is 242 g/mol. The zero-order chi connectivity index (χ0) is 13.8. The van der Waals surface area contributed by atoms with Gasteiger partial charge in [-0.05, 0) is 18.4 Å². The quantitative estimate of drug-likeness (QED) is 0.881. The molecule has 0 amide bonds. The molecule has 0 fully saturated rings. The molecule has 1 heterocycles. The van der Waals surface area contributed by atoms with Gasteiger partial charge in [-0.2, -0.15) is 0 Å². The van der Waals surface area contributed by atoms with Crippen molar-refractivity contribution in [2.75, 3.05) is 5.73 Å². The highest BCUT2D eigenvalue weighted by Gasteiger charge is 2.06. The number of rotatable bonds is 4. The molecule has 1 aromatic carbocycles. The lowest BCUT2D eigenvalue weighted by Gasteiger charge is -2.08. The van der Waals surface area contributed by atoms with Crippen LogP contribution in [-0.2, 0) is 20.0 Å². The maximum atomic E-state index is 11.9. The molecule has 0 atom stereocenters. The van der Waals surface area contributed by atoms with Gasteiger partial charge in [-0.25, -0.2) is 4.79 Å². The van der Waals surface area contributed by atoms with Crippen molar-refractivity contribution in [2.24, 2.45) is 7.05 Å². The van der Waals surface area contributed by atoms with Gasteiger partial charge in [0.25, 0.3) is 5.56 Å². The number of anilines is 1. The van der Waals surface area contributed by atoms with Gasteiger partial charge in [-0.15, -0.1) is 0 Å². The lowest BCUT2D eigenvalue weighted by atomic mass is 10.1. The SMILES string of the molecule is Cn1cc(N)c(=O)n(CCCc2ccccc2)c1=O. The number of benzene rings is 1. The summed E-state index contributed by atoms with van der Waals surface area (Å²) in [6, 6.07) is 9.96. The van der Waals surface area contributed by atoms with Gasteiger partial charge in [0.1, 0.15) is 5.69 Å². The summed E-state index contributed by atoms with van der Waals surface area (Å²) >= 11 is 0. The zero-order valence-electron chi connectivity index (χ0n) is 10.9. The van der Waals surface area contributed by atoms with Crippen LogP contribution in [0.15, 0.2) is 46.1 Å². The van der Waals surface area contributed by atoms with E-state index in [4.69, 9.17) is 5.73 Å². The Morgan fingerprint density at radius 3 is 2.53 bits per heavy atom. The molecule has 0 saturated heterocycles. The van der Waals surface area contributed by atoms with Gasteiger partial charge in [-0.1, -0.05) is 30.3 Å². The van der Waals surface area contributed by atoms with Crippen LogP contribution in [0.2, 0.25) is 0 Å². The minimum atomic E-state index is -0.406. The molecule has 19 heavy (non-hydrogen) atoms. The lowest BCUT2D eigenvalue weighted by molar-refractivity contribution is 0.565. The second-order valence-electron chi connectivity index (χ2n) is 4.52. The predicted octanol–water partition coefficient (Wildman–Crippen LogP) is 0.762. The van der Waals surface area contributed by atoms with E-state index in [2.05, 4.69) is 0 Å². The van der Waals surface area contributed by atoms with Crippen LogP contribution in [-0.4, -0.2) is 9.13 Å². The third kappa shape index (κ3) is 2.93. The summed E-state index contributed by atoms with van der Waals surface area (Å²) in [5, 5.41) is 0. The van der Waals surface area contributed by atoms with Crippen molar-refractivity contribution >= 4 is 5.69 Å². The van der Waals surface area contributed by atoms with E-state index in [9.17, 15) is 9.59 Å². The van der Waals surface area contributed by atoms with Gasteiger partial charge in [0, 0.05) is 19.8 Å². The number of nitrogens with two attached hydrogens (primary N) is 1. The van der Waals surface area contributed by atoms with E-state index < -0.39 is 5.56 Å². The normalized spacial score (nSPS) is 10.6. The summed E-state index contributed by atoms with van der Waals surface area (Å²) in [6.07, 6.45) is 2.91. The van der Waals surface area contributed by atoms with Crippen LogP contribution in [0.1, 0.15) is 12.0 Å². The average Bonchev–Trinajstić information content (AvgIpc) is 2.42. The molecular formula is C14H17N3O2. The van der Waals surface area contributed by atoms with Crippen LogP contribution in [0.3, 0.4) is 0 Å². The Morgan fingerprint density at radius 2 is 1.84 bits per heavy atom. The van der Waals surface area contributed by atoms with Crippen molar-refractivity contribution in [1.29, 1.82) is 0 Å². The molecule has 0 bridgehead atoms. The number of aromatic nitrogens is 2. The molecule has 1 aromatic heterocycles. The number of aryl methyl sites for hydroxylation is 2. The lowest BCUT2D eigenvalue weighted by Crippen LogP contribution is -2.39. The van der Waals surface area contributed by atoms with E-state index in [-0.39, 0.29) is 11.4 Å². The summed E-state index contributed by atoms with van der Waals surface area (Å²) in [6.45, 7) is 0.380. The smallest absolute Gasteiger partial charge is 0.330 e. The zero-order valence-corrected chi connectivity index (χ0v) is 10.9. The fourth-order valence-corrected chi connectivity index (χ4v) is 2.04. The first-order valence-corrected chi connectivity index (χ1v) is 6.19. The van der Waals surface area contributed by atoms with Crippen LogP contribution in [0, 0.1) is 0 Å². The van der Waals surface area contributed by atoms with E-state index >= 15 is 0 Å². The fourth-order valence-electron chi connectivity index (χ4n) is 2.04. The molecule has 2 rings (SSSR count). The molecule has 0 aliphatic carbocycles. The van der Waals surface area contributed by atoms with Gasteiger partial charge in [0.15, 0.2) is 0 Å². The Bertz CT molecular complexity index is 637. The Morgan fingerprint density at radius 1 is 1.16 bits per heavy atom. The maximum Gasteiger partial charge on any atom is 0.330 e. The van der Waals surface area contributed by atoms with Crippen molar-refractivity contribution in [3.8, 4) is 0 Å². The van der Waals surface area contributed by atoms with Gasteiger partial charge in [0.05, 0.1) is 0 Å². The van der Waals surface area contributed by atoms with Crippen molar-refractivity contribution < 1.29 is 0 Å². The number of hydrogen-bond donors (Lipinski definition) is 1. The highest BCUT2D eigenvalue weighted by molar-refractivity contribution is 5.30. The maximum absolute atomic E-state index is 11.9. The molecule has 5 heteroatoms. The molecule has 0 aliphatic heterocycles. The molecule has 5 nitrogen and oxygen atoms in total. The van der Waals surface area contributed by atoms with Crippen LogP contribution in [0.5, 0.6) is 0 Å². The number of hydrogen-bond acceptors (Lipinski definition) is 3. The van der Waals surface area contributed by atoms with Crippen LogP contribution in [0.25, 0.3) is 0 Å². The number of nitrogens with zero attached hydrogens (tertiary/aromatic N) is 2. The Balaban J connectivity index is 2.13. The van der Waals surface area contributed by atoms with Crippen molar-refractivity contribution in [1.82, 2.24) is 9.13 Å². The van der Waals surface area contributed by atoms with Crippen molar-refractivity contribution in [3.63, 3.8) is 0 Å². The van der Waals surface area contributed by atoms with E-state index in [1.807, 2.05) is 30.3 Å². The minimum Gasteiger partial charge on any atom is -0.393 e. The third-order valence-corrected chi connectivity index (χ3v) is 3.05. The Labute approximate surface area is 110 Å². The van der Waals surface area contributed by atoms with E-state index in [1.54, 1.807) is 7.05 Å². The van der Waals surface area contributed by atoms with Crippen LogP contribution < -0.4 is 17.0 Å². The first-order valence-electron chi connectivity index (χ1n) is 6.19. The Hall–Kier alpha value is -2.30. The predicted molar refractivity (Wildman–Crippen MR) is 75.1 cm³/mol. The monoisotopic (exact) mass is 259 g/mol. The van der Waals surface area contributed by atoms with E-state index in [1.165, 1.54) is 20.9 Å². The van der Waals surface area contributed by atoms with Crippen LogP contribution in [0.4, 0.5) is 5.69 Å². The van der Waals surface area contributed by atoms with Crippen molar-refractivity contribution in [3.05, 3.63) is 62.9 Å². The summed E-state index contributed by atoms with van der Waals surface area (Å²) < 4.78 is 2.53. The van der Waals surface area contributed by atoms with Crippen molar-refractivity contribution in [2.45, 2.75) is 19.4 Å². The summed E-state index contributed by atoms with van der Waals surface area (Å²) in [5.74, 6) is 0. The van der Waals surface area contributed by atoms with Crippen LogP contribution >= 0.6 is 0 Å². The third-order valence-electron chi connectivity index (χ3n) is 3.05. The van der Waals surface area contributed by atoms with Gasteiger partial charge in [-0.3, -0.25) is 9.36 Å². The largest absolute Gasteiger partial charge is 0.393 e. The molecule has 0 radical (unpaired) electrons. The molecule has 0 saturated carbocycles. The first-order chi connectivity index (χ1) is 9.09. The van der Waals surface area contributed by atoms with Gasteiger partial charge in [0.2, 0.25) is 0 Å². The fraction of sp³-hybridized carbons (Fsp3) is 0.286. The van der Waals surface area contributed by atoms with Gasteiger partial charge < -0.3 is 10.3 Å². The molecule has 2 N–H and O–H groups in total. The average molecular weight is 259 g/mol. The molecule has 0 spiro atoms. The molecule has 2 aromatic rings. The standard InChI is InChI=1S/C14H17N3O2/c1-16-10-12(15)13(18)17(14(16)19)9-5-8-11-6-3-2-4-7-11/h2-4,6-7,10H,5,8-9,15H2,1H3.